The molecule has 0 unspecified atom stereocenters. The van der Waals surface area contributed by atoms with Crippen LogP contribution in [0.1, 0.15) is 14.8 Å². The van der Waals surface area contributed by atoms with Gasteiger partial charge in [-0.25, -0.2) is 0 Å². The number of rotatable bonds is 1. The summed E-state index contributed by atoms with van der Waals surface area (Å²) in [4.78, 5) is 0. The molecule has 0 aliphatic carbocycles. The third kappa shape index (κ3) is 1.74. The second-order valence-electron chi connectivity index (χ2n) is 0.697. The zero-order valence-electron chi connectivity index (χ0n) is 3.99. The van der Waals surface area contributed by atoms with E-state index in [-0.39, 0.29) is 1.43 Å². The highest BCUT2D eigenvalue weighted by atomic mass is 13.5. The maximum Gasteiger partial charge on any atom is 1.00 e. The predicted molar refractivity (Wildman–Crippen MR) is 21.6 cm³/mol. The van der Waals surface area contributed by atoms with Crippen LogP contribution in [0.4, 0.5) is 0 Å². The summed E-state index contributed by atoms with van der Waals surface area (Å²) in [6.45, 7) is 5.54. The van der Waals surface area contributed by atoms with Gasteiger partial charge in [0.1, 0.15) is 0 Å². The highest BCUT2D eigenvalue weighted by Crippen LogP contribution is 1.66. The second kappa shape index (κ2) is 2.74. The van der Waals surface area contributed by atoms with Crippen molar-refractivity contribution in [3.63, 3.8) is 0 Å². The Morgan fingerprint density at radius 3 is 2.50 bits per heavy atom. The Labute approximate surface area is 28.6 Å². The van der Waals surface area contributed by atoms with Gasteiger partial charge in [-0.15, -0.1) is 6.58 Å². The molecule has 0 bridgehead atoms. The van der Waals surface area contributed by atoms with E-state index in [0.29, 0.717) is 0 Å². The summed E-state index contributed by atoms with van der Waals surface area (Å²) in [5, 5.41) is 0. The first-order valence-electron chi connectivity index (χ1n) is 1.52. The van der Waals surface area contributed by atoms with Gasteiger partial charge in [0.05, 0.1) is 0 Å². The fraction of sp³-hybridized carbons (Fsp3) is 0.500. The highest BCUT2D eigenvalue weighted by molar-refractivity contribution is 4.60. The first-order valence-corrected chi connectivity index (χ1v) is 1.52. The van der Waals surface area contributed by atoms with Crippen LogP contribution in [0.5, 0.6) is 0 Å². The van der Waals surface area contributed by atoms with E-state index in [0.717, 1.165) is 6.42 Å². The van der Waals surface area contributed by atoms with Crippen LogP contribution in [-0.4, -0.2) is 0 Å². The molecule has 0 saturated heterocycles. The Hall–Kier alpha value is -0.260. The molecule has 0 aromatic carbocycles. The van der Waals surface area contributed by atoms with Gasteiger partial charge < -0.3 is 0 Å². The van der Waals surface area contributed by atoms with Gasteiger partial charge >= 0.3 is 1.43 Å². The smallest absolute Gasteiger partial charge is 0.103 e. The molecule has 0 heteroatoms. The summed E-state index contributed by atoms with van der Waals surface area (Å²) in [6.07, 6.45) is 2.96. The fourth-order valence-corrected chi connectivity index (χ4v) is 0. The van der Waals surface area contributed by atoms with Gasteiger partial charge in [-0.05, 0) is 6.42 Å². The van der Waals surface area contributed by atoms with Crippen molar-refractivity contribution < 1.29 is 1.43 Å². The van der Waals surface area contributed by atoms with Gasteiger partial charge in [0.2, 0.25) is 0 Å². The molecule has 0 atom stereocenters. The van der Waals surface area contributed by atoms with Crippen molar-refractivity contribution in [2.75, 3.05) is 0 Å². The van der Waals surface area contributed by atoms with E-state index in [1.54, 1.807) is 0 Å². The molecule has 0 aliphatic heterocycles. The molecule has 0 amide bonds. The first-order chi connectivity index (χ1) is 1.91. The normalized spacial score (nSPS) is 6.25. The van der Waals surface area contributed by atoms with Gasteiger partial charge in [-0.1, -0.05) is 13.0 Å². The van der Waals surface area contributed by atoms with Gasteiger partial charge in [-0.2, -0.15) is 0 Å². The van der Waals surface area contributed by atoms with E-state index in [2.05, 4.69) is 13.5 Å². The average Bonchev–Trinajstić information content (AvgIpc) is 1.37. The Morgan fingerprint density at radius 2 is 2.50 bits per heavy atom. The quantitative estimate of drug-likeness (QED) is 0.402. The summed E-state index contributed by atoms with van der Waals surface area (Å²) in [5.41, 5.74) is 0. The van der Waals surface area contributed by atoms with Crippen LogP contribution < -0.4 is 0 Å². The zero-order chi connectivity index (χ0) is 3.41. The molecular weight excluding hydrogens is 48.0 g/mol. The Balaban J connectivity index is 0. The third-order valence-corrected chi connectivity index (χ3v) is 0.289. The Morgan fingerprint density at radius 1 is 2.25 bits per heavy atom. The molecule has 0 aliphatic rings. The Bertz CT molecular complexity index is 17.6. The standard InChI is InChI=1S/C4H8/c1-3-4-2/h3H,1,4H2,2H3/p+1. The summed E-state index contributed by atoms with van der Waals surface area (Å²) >= 11 is 0. The number of hydrogen-bond donors (Lipinski definition) is 0. The van der Waals surface area contributed by atoms with Gasteiger partial charge in [0.25, 0.3) is 0 Å². The van der Waals surface area contributed by atoms with Crippen LogP contribution >= 0.6 is 0 Å². The highest BCUT2D eigenvalue weighted by Gasteiger charge is 1.45. The van der Waals surface area contributed by atoms with Gasteiger partial charge in [-0.3, -0.25) is 0 Å². The molecule has 0 spiro atoms. The zero-order valence-corrected chi connectivity index (χ0v) is 2.99. The van der Waals surface area contributed by atoms with Crippen molar-refractivity contribution in [1.82, 2.24) is 0 Å². The maximum absolute atomic E-state index is 3.48. The van der Waals surface area contributed by atoms with Crippen molar-refractivity contribution >= 4 is 0 Å². The van der Waals surface area contributed by atoms with Crippen LogP contribution in [-0.2, 0) is 0 Å². The largest absolute Gasteiger partial charge is 1.00 e. The summed E-state index contributed by atoms with van der Waals surface area (Å²) in [5.74, 6) is 0. The number of hydrogen-bond acceptors (Lipinski definition) is 0. The summed E-state index contributed by atoms with van der Waals surface area (Å²) in [7, 11) is 0. The Kier molecular flexibility index (Phi) is 2.56. The molecule has 0 radical (unpaired) electrons. The fourth-order valence-electron chi connectivity index (χ4n) is 0. The molecule has 0 nitrogen and oxygen atoms in total. The minimum absolute atomic E-state index is 0. The monoisotopic (exact) mass is 57.1 g/mol. The van der Waals surface area contributed by atoms with E-state index in [1.807, 2.05) is 6.08 Å². The van der Waals surface area contributed by atoms with Crippen molar-refractivity contribution in [2.45, 2.75) is 13.3 Å². The molecule has 0 heterocycles. The summed E-state index contributed by atoms with van der Waals surface area (Å²) in [6, 6.07) is 0. The molecule has 0 aromatic heterocycles. The molecule has 24 valence electrons. The maximum atomic E-state index is 3.48. The van der Waals surface area contributed by atoms with E-state index in [9.17, 15) is 0 Å². The van der Waals surface area contributed by atoms with Crippen LogP contribution in [0.2, 0.25) is 0 Å². The van der Waals surface area contributed by atoms with Crippen molar-refractivity contribution in [2.24, 2.45) is 0 Å². The molecule has 0 fully saturated rings. The third-order valence-electron chi connectivity index (χ3n) is 0.289. The van der Waals surface area contributed by atoms with Crippen LogP contribution in [0.25, 0.3) is 0 Å². The van der Waals surface area contributed by atoms with Crippen LogP contribution in [0.15, 0.2) is 12.7 Å². The minimum Gasteiger partial charge on any atom is -0.103 e. The predicted octanol–water partition coefficient (Wildman–Crippen LogP) is 1.69. The lowest BCUT2D eigenvalue weighted by Gasteiger charge is -1.57. The SMILES string of the molecule is C=CCC.[H+]. The molecule has 0 saturated carbocycles. The van der Waals surface area contributed by atoms with Gasteiger partial charge in [0.15, 0.2) is 0 Å². The van der Waals surface area contributed by atoms with E-state index in [1.165, 1.54) is 0 Å². The lowest BCUT2D eigenvalue weighted by Crippen LogP contribution is -1.36. The number of allylic oxidation sites excluding steroid dienone is 1. The van der Waals surface area contributed by atoms with Crippen molar-refractivity contribution in [3.05, 3.63) is 12.7 Å². The molecule has 4 heavy (non-hydrogen) atoms. The van der Waals surface area contributed by atoms with Crippen molar-refractivity contribution in [3.8, 4) is 0 Å². The van der Waals surface area contributed by atoms with E-state index in [4.69, 9.17) is 0 Å². The second-order valence-corrected chi connectivity index (χ2v) is 0.697. The lowest BCUT2D eigenvalue weighted by molar-refractivity contribution is 1.23. The lowest BCUT2D eigenvalue weighted by atomic mass is 10.5. The average molecular weight is 57.1 g/mol. The molecule has 0 aromatic rings. The topological polar surface area (TPSA) is 0 Å². The molecule has 0 N–H and O–H groups in total. The van der Waals surface area contributed by atoms with Crippen LogP contribution in [0.3, 0.4) is 0 Å². The molecule has 0 rings (SSSR count). The van der Waals surface area contributed by atoms with E-state index < -0.39 is 0 Å². The minimum atomic E-state index is 0. The summed E-state index contributed by atoms with van der Waals surface area (Å²) < 4.78 is 0. The van der Waals surface area contributed by atoms with Gasteiger partial charge in [0, 0.05) is 0 Å². The van der Waals surface area contributed by atoms with Crippen LogP contribution in [0, 0.1) is 0 Å². The van der Waals surface area contributed by atoms with Crippen molar-refractivity contribution in [1.29, 1.82) is 0 Å². The van der Waals surface area contributed by atoms with E-state index >= 15 is 0 Å². The molecular formula is C4H9+. The first kappa shape index (κ1) is 3.74.